The molecule has 0 fully saturated rings. The molecule has 10 aromatic rings. The first-order valence-electron chi connectivity index (χ1n) is 15.7. The lowest BCUT2D eigenvalue weighted by molar-refractivity contribution is 1.61. The molecule has 0 aliphatic heterocycles. The van der Waals surface area contributed by atoms with Gasteiger partial charge in [-0.15, -0.1) is 22.7 Å². The molecule has 0 unspecified atom stereocenters. The summed E-state index contributed by atoms with van der Waals surface area (Å²) >= 11 is 3.81. The Morgan fingerprint density at radius 3 is 1.52 bits per heavy atom. The molecule has 0 saturated carbocycles. The van der Waals surface area contributed by atoms with Gasteiger partial charge in [0.25, 0.3) is 0 Å². The molecule has 0 aliphatic rings. The molecule has 2 aromatic heterocycles. The minimum Gasteiger partial charge on any atom is -0.135 e. The van der Waals surface area contributed by atoms with Crippen molar-refractivity contribution in [3.8, 4) is 33.4 Å². The summed E-state index contributed by atoms with van der Waals surface area (Å²) in [5.41, 5.74) is 7.63. The van der Waals surface area contributed by atoms with E-state index in [9.17, 15) is 0 Å². The molecular weight excluding hydrogens is 593 g/mol. The second-order valence-electron chi connectivity index (χ2n) is 12.0. The quantitative estimate of drug-likeness (QED) is 0.173. The SMILES string of the molecule is c1ccc(-c2ccc(-c3c4ccccc4c(-c4cccc5sc6cc7sc8ccccc8c7cc6c45)c4ccccc34)cc2)cc1. The van der Waals surface area contributed by atoms with Crippen LogP contribution >= 0.6 is 22.7 Å². The summed E-state index contributed by atoms with van der Waals surface area (Å²) in [5.74, 6) is 0. The van der Waals surface area contributed by atoms with Gasteiger partial charge in [-0.1, -0.05) is 133 Å². The van der Waals surface area contributed by atoms with Gasteiger partial charge >= 0.3 is 0 Å². The van der Waals surface area contributed by atoms with Gasteiger partial charge < -0.3 is 0 Å². The smallest absolute Gasteiger partial charge is 0.0370 e. The minimum atomic E-state index is 1.23. The van der Waals surface area contributed by atoms with Crippen LogP contribution < -0.4 is 0 Å². The molecule has 10 rings (SSSR count). The Kier molecular flexibility index (Phi) is 5.72. The number of hydrogen-bond donors (Lipinski definition) is 0. The van der Waals surface area contributed by atoms with Gasteiger partial charge in [0.05, 0.1) is 0 Å². The maximum absolute atomic E-state index is 2.46. The fraction of sp³-hybridized carbons (Fsp3) is 0. The van der Waals surface area contributed by atoms with Crippen molar-refractivity contribution >= 4 is 84.6 Å². The molecular formula is C44H26S2. The van der Waals surface area contributed by atoms with Crippen LogP contribution in [-0.2, 0) is 0 Å². The van der Waals surface area contributed by atoms with Crippen LogP contribution in [0, 0.1) is 0 Å². The molecule has 8 aromatic carbocycles. The Bertz CT molecular complexity index is 2720. The van der Waals surface area contributed by atoms with E-state index in [0.29, 0.717) is 0 Å². The maximum atomic E-state index is 2.46. The Balaban J connectivity index is 1.27. The predicted molar refractivity (Wildman–Crippen MR) is 204 cm³/mol. The van der Waals surface area contributed by atoms with Crippen molar-refractivity contribution in [2.75, 3.05) is 0 Å². The average Bonchev–Trinajstić information content (AvgIpc) is 3.67. The molecule has 0 radical (unpaired) electrons. The van der Waals surface area contributed by atoms with Gasteiger partial charge in [-0.25, -0.2) is 0 Å². The molecule has 2 heterocycles. The Morgan fingerprint density at radius 1 is 0.283 bits per heavy atom. The van der Waals surface area contributed by atoms with Gasteiger partial charge in [-0.05, 0) is 79.2 Å². The first-order valence-corrected chi connectivity index (χ1v) is 17.3. The van der Waals surface area contributed by atoms with Crippen molar-refractivity contribution in [1.82, 2.24) is 0 Å². The molecule has 0 nitrogen and oxygen atoms in total. The van der Waals surface area contributed by atoms with Gasteiger partial charge in [0, 0.05) is 40.3 Å². The van der Waals surface area contributed by atoms with Gasteiger partial charge in [-0.3, -0.25) is 0 Å². The summed E-state index contributed by atoms with van der Waals surface area (Å²) in [6.45, 7) is 0. The average molecular weight is 619 g/mol. The Morgan fingerprint density at radius 2 is 0.804 bits per heavy atom. The summed E-state index contributed by atoms with van der Waals surface area (Å²) in [6, 6.07) is 58.3. The topological polar surface area (TPSA) is 0 Å². The van der Waals surface area contributed by atoms with E-state index in [4.69, 9.17) is 0 Å². The molecule has 46 heavy (non-hydrogen) atoms. The van der Waals surface area contributed by atoms with E-state index >= 15 is 0 Å². The van der Waals surface area contributed by atoms with Crippen molar-refractivity contribution in [2.45, 2.75) is 0 Å². The third kappa shape index (κ3) is 3.84. The first-order chi connectivity index (χ1) is 22.8. The molecule has 0 N–H and O–H groups in total. The van der Waals surface area contributed by atoms with Gasteiger partial charge in [0.15, 0.2) is 0 Å². The largest absolute Gasteiger partial charge is 0.135 e. The third-order valence-corrected chi connectivity index (χ3v) is 11.7. The highest BCUT2D eigenvalue weighted by molar-refractivity contribution is 7.28. The van der Waals surface area contributed by atoms with Crippen LogP contribution in [0.2, 0.25) is 0 Å². The summed E-state index contributed by atoms with van der Waals surface area (Å²) in [6.07, 6.45) is 0. The highest BCUT2D eigenvalue weighted by Gasteiger charge is 2.20. The number of fused-ring (bicyclic) bond motifs is 8. The Hall–Kier alpha value is -5.28. The molecule has 0 atom stereocenters. The van der Waals surface area contributed by atoms with Crippen molar-refractivity contribution < 1.29 is 0 Å². The van der Waals surface area contributed by atoms with E-state index in [0.717, 1.165) is 0 Å². The summed E-state index contributed by atoms with van der Waals surface area (Å²) in [4.78, 5) is 0. The van der Waals surface area contributed by atoms with Crippen molar-refractivity contribution in [2.24, 2.45) is 0 Å². The zero-order chi connectivity index (χ0) is 30.2. The second-order valence-corrected chi connectivity index (χ2v) is 14.2. The van der Waals surface area contributed by atoms with Crippen LogP contribution in [0.4, 0.5) is 0 Å². The zero-order valence-electron chi connectivity index (χ0n) is 24.8. The van der Waals surface area contributed by atoms with Gasteiger partial charge in [0.2, 0.25) is 0 Å². The standard InChI is InChI=1S/C44H26S2/c1-2-11-27(12-3-1)28-21-23-29(24-22-28)42-31-14-4-6-16-33(31)43(34-17-7-5-15-32(34)42)35-18-10-20-39-44(35)37-25-36-30-13-8-9-19-38(30)45-40(36)26-41(37)46-39/h1-26H. The zero-order valence-corrected chi connectivity index (χ0v) is 26.5. The molecule has 214 valence electrons. The van der Waals surface area contributed by atoms with Gasteiger partial charge in [0.1, 0.15) is 0 Å². The lowest BCUT2D eigenvalue weighted by Gasteiger charge is -2.18. The normalized spacial score (nSPS) is 11.9. The van der Waals surface area contributed by atoms with E-state index in [1.165, 1.54) is 95.3 Å². The molecule has 0 aliphatic carbocycles. The molecule has 0 saturated heterocycles. The van der Waals surface area contributed by atoms with Crippen molar-refractivity contribution in [3.05, 3.63) is 158 Å². The molecule has 0 bridgehead atoms. The maximum Gasteiger partial charge on any atom is 0.0370 e. The van der Waals surface area contributed by atoms with E-state index < -0.39 is 0 Å². The van der Waals surface area contributed by atoms with Crippen molar-refractivity contribution in [1.29, 1.82) is 0 Å². The summed E-state index contributed by atoms with van der Waals surface area (Å²) < 4.78 is 5.40. The van der Waals surface area contributed by atoms with Crippen LogP contribution in [0.1, 0.15) is 0 Å². The lowest BCUT2D eigenvalue weighted by atomic mass is 9.84. The predicted octanol–water partition coefficient (Wildman–Crippen LogP) is 13.7. The summed E-state index contributed by atoms with van der Waals surface area (Å²) in [5, 5.41) is 10.6. The number of rotatable bonds is 3. The third-order valence-electron chi connectivity index (χ3n) is 9.48. The van der Waals surface area contributed by atoms with Crippen LogP contribution in [0.3, 0.4) is 0 Å². The molecule has 2 heteroatoms. The summed E-state index contributed by atoms with van der Waals surface area (Å²) in [7, 11) is 0. The number of benzene rings is 8. The van der Waals surface area contributed by atoms with E-state index in [-0.39, 0.29) is 0 Å². The molecule has 0 spiro atoms. The fourth-order valence-electron chi connectivity index (χ4n) is 7.44. The van der Waals surface area contributed by atoms with E-state index in [1.807, 2.05) is 22.7 Å². The minimum absolute atomic E-state index is 1.23. The number of thiophene rings is 2. The van der Waals surface area contributed by atoms with Crippen LogP contribution in [0.25, 0.3) is 95.3 Å². The second kappa shape index (κ2) is 10.1. The first kappa shape index (κ1) is 26.0. The highest BCUT2D eigenvalue weighted by atomic mass is 32.1. The monoisotopic (exact) mass is 618 g/mol. The Labute approximate surface area is 274 Å². The lowest BCUT2D eigenvalue weighted by Crippen LogP contribution is -1.91. The molecule has 0 amide bonds. The van der Waals surface area contributed by atoms with E-state index in [2.05, 4.69) is 158 Å². The van der Waals surface area contributed by atoms with Gasteiger partial charge in [-0.2, -0.15) is 0 Å². The van der Waals surface area contributed by atoms with Crippen LogP contribution in [0.5, 0.6) is 0 Å². The van der Waals surface area contributed by atoms with Crippen LogP contribution in [-0.4, -0.2) is 0 Å². The fourth-order valence-corrected chi connectivity index (χ4v) is 9.80. The van der Waals surface area contributed by atoms with E-state index in [1.54, 1.807) is 0 Å². The van der Waals surface area contributed by atoms with Crippen LogP contribution in [0.15, 0.2) is 158 Å². The number of hydrogen-bond acceptors (Lipinski definition) is 2. The highest BCUT2D eigenvalue weighted by Crippen LogP contribution is 2.49. The van der Waals surface area contributed by atoms with Crippen molar-refractivity contribution in [3.63, 3.8) is 0 Å².